The fourth-order valence-electron chi connectivity index (χ4n) is 1.97. The molecular formula is C18H9FN4O3. The van der Waals surface area contributed by atoms with Crippen molar-refractivity contribution in [2.45, 2.75) is 0 Å². The van der Waals surface area contributed by atoms with E-state index in [1.165, 1.54) is 12.1 Å². The van der Waals surface area contributed by atoms with Crippen LogP contribution in [0.15, 0.2) is 42.5 Å². The van der Waals surface area contributed by atoms with Crippen LogP contribution in [0.3, 0.4) is 0 Å². The summed E-state index contributed by atoms with van der Waals surface area (Å²) in [6.07, 6.45) is 0. The van der Waals surface area contributed by atoms with Gasteiger partial charge in [0, 0.05) is 5.56 Å². The first-order valence-electron chi connectivity index (χ1n) is 7.21. The van der Waals surface area contributed by atoms with Crippen molar-refractivity contribution in [3.05, 3.63) is 70.7 Å². The van der Waals surface area contributed by atoms with Crippen molar-refractivity contribution < 1.29 is 19.0 Å². The van der Waals surface area contributed by atoms with Gasteiger partial charge in [-0.05, 0) is 42.5 Å². The number of aromatic nitrogens is 3. The summed E-state index contributed by atoms with van der Waals surface area (Å²) in [4.78, 5) is 11.0. The number of rotatable bonds is 3. The molecule has 0 aliphatic carbocycles. The highest BCUT2D eigenvalue weighted by Gasteiger charge is 2.16. The monoisotopic (exact) mass is 348 g/mol. The van der Waals surface area contributed by atoms with Crippen LogP contribution in [0.5, 0.6) is 11.6 Å². The molecule has 2 aromatic carbocycles. The lowest BCUT2D eigenvalue weighted by Gasteiger charge is -2.03. The Morgan fingerprint density at radius 2 is 1.88 bits per heavy atom. The van der Waals surface area contributed by atoms with E-state index >= 15 is 0 Å². The molecule has 2 N–H and O–H groups in total. The molecule has 0 atom stereocenters. The van der Waals surface area contributed by atoms with Crippen LogP contribution in [0.1, 0.15) is 27.2 Å². The Bertz CT molecular complexity index is 1070. The summed E-state index contributed by atoms with van der Waals surface area (Å²) in [5.41, 5.74) is 0.852. The maximum Gasteiger partial charge on any atom is 0.359 e. The summed E-state index contributed by atoms with van der Waals surface area (Å²) in [6, 6.07) is 12.3. The van der Waals surface area contributed by atoms with E-state index in [0.717, 1.165) is 6.07 Å². The fraction of sp³-hybridized carbons (Fsp3) is 0. The number of nitriles is 1. The number of H-pyrrole nitrogens is 1. The van der Waals surface area contributed by atoms with E-state index in [1.807, 2.05) is 6.07 Å². The maximum absolute atomic E-state index is 13.9. The van der Waals surface area contributed by atoms with Gasteiger partial charge in [-0.1, -0.05) is 22.2 Å². The standard InChI is InChI=1S/C18H9FN4O3/c19-15-8-7-14(26-17-16(18(24)25)21-23-22-17)9-13(15)6-5-11-1-3-12(10-20)4-2-11/h1-4,7-9H,(H,24,25)(H,21,22,23). The van der Waals surface area contributed by atoms with Crippen molar-refractivity contribution >= 4 is 5.97 Å². The lowest BCUT2D eigenvalue weighted by Crippen LogP contribution is -2.00. The van der Waals surface area contributed by atoms with Crippen LogP contribution in [0, 0.1) is 29.0 Å². The quantitative estimate of drug-likeness (QED) is 0.704. The van der Waals surface area contributed by atoms with Crippen molar-refractivity contribution in [2.24, 2.45) is 0 Å². The van der Waals surface area contributed by atoms with E-state index in [9.17, 15) is 9.18 Å². The van der Waals surface area contributed by atoms with Gasteiger partial charge in [-0.2, -0.15) is 5.26 Å². The van der Waals surface area contributed by atoms with Crippen LogP contribution in [0.4, 0.5) is 4.39 Å². The Hall–Kier alpha value is -4.17. The van der Waals surface area contributed by atoms with Crippen LogP contribution in [-0.2, 0) is 0 Å². The lowest BCUT2D eigenvalue weighted by molar-refractivity contribution is 0.0687. The molecule has 0 amide bonds. The summed E-state index contributed by atoms with van der Waals surface area (Å²) in [5, 5.41) is 26.8. The van der Waals surface area contributed by atoms with Gasteiger partial charge in [0.15, 0.2) is 0 Å². The number of hydrogen-bond acceptors (Lipinski definition) is 5. The highest BCUT2D eigenvalue weighted by atomic mass is 19.1. The molecular weight excluding hydrogens is 339 g/mol. The predicted molar refractivity (Wildman–Crippen MR) is 87.0 cm³/mol. The van der Waals surface area contributed by atoms with Crippen molar-refractivity contribution in [2.75, 3.05) is 0 Å². The number of nitrogens with one attached hydrogen (secondary N) is 1. The second-order valence-corrected chi connectivity index (χ2v) is 4.98. The normalized spacial score (nSPS) is 9.69. The Labute approximate surface area is 146 Å². The number of carbonyl (C=O) groups is 1. The first kappa shape index (κ1) is 16.7. The average molecular weight is 348 g/mol. The minimum absolute atomic E-state index is 0.0622. The van der Waals surface area contributed by atoms with Crippen molar-refractivity contribution in [3.8, 4) is 29.5 Å². The molecule has 7 nitrogen and oxygen atoms in total. The maximum atomic E-state index is 13.9. The summed E-state index contributed by atoms with van der Waals surface area (Å²) >= 11 is 0. The van der Waals surface area contributed by atoms with Crippen molar-refractivity contribution in [1.82, 2.24) is 15.4 Å². The zero-order valence-corrected chi connectivity index (χ0v) is 13.0. The molecule has 0 unspecified atom stereocenters. The molecule has 126 valence electrons. The zero-order chi connectivity index (χ0) is 18.5. The van der Waals surface area contributed by atoms with Crippen LogP contribution < -0.4 is 4.74 Å². The fourth-order valence-corrected chi connectivity index (χ4v) is 1.97. The molecule has 1 aromatic heterocycles. The van der Waals surface area contributed by atoms with Gasteiger partial charge in [0.1, 0.15) is 11.6 Å². The van der Waals surface area contributed by atoms with Crippen LogP contribution in [-0.4, -0.2) is 26.5 Å². The first-order valence-corrected chi connectivity index (χ1v) is 7.21. The number of ether oxygens (including phenoxy) is 1. The molecule has 0 saturated heterocycles. The van der Waals surface area contributed by atoms with Gasteiger partial charge >= 0.3 is 5.97 Å². The minimum Gasteiger partial charge on any atom is -0.476 e. The van der Waals surface area contributed by atoms with E-state index in [1.54, 1.807) is 24.3 Å². The van der Waals surface area contributed by atoms with Crippen LogP contribution in [0.2, 0.25) is 0 Å². The second kappa shape index (κ2) is 7.16. The number of carboxylic acid groups (broad SMARTS) is 1. The molecule has 0 aliphatic rings. The smallest absolute Gasteiger partial charge is 0.359 e. The third kappa shape index (κ3) is 3.66. The SMILES string of the molecule is N#Cc1ccc(C#Cc2cc(Oc3nn[nH]c3C(=O)O)ccc2F)cc1. The van der Waals surface area contributed by atoms with E-state index < -0.39 is 11.8 Å². The van der Waals surface area contributed by atoms with Crippen molar-refractivity contribution in [1.29, 1.82) is 5.26 Å². The Kier molecular flexibility index (Phi) is 4.59. The molecule has 0 aliphatic heterocycles. The lowest BCUT2D eigenvalue weighted by atomic mass is 10.1. The van der Waals surface area contributed by atoms with Gasteiger partial charge < -0.3 is 9.84 Å². The summed E-state index contributed by atoms with van der Waals surface area (Å²) in [5.74, 6) is 3.54. The summed E-state index contributed by atoms with van der Waals surface area (Å²) in [6.45, 7) is 0. The number of carboxylic acids is 1. The predicted octanol–water partition coefficient (Wildman–Crippen LogP) is 2.71. The van der Waals surface area contributed by atoms with Gasteiger partial charge in [-0.25, -0.2) is 14.3 Å². The summed E-state index contributed by atoms with van der Waals surface area (Å²) < 4.78 is 19.3. The second-order valence-electron chi connectivity index (χ2n) is 4.98. The van der Waals surface area contributed by atoms with E-state index in [2.05, 4.69) is 27.3 Å². The van der Waals surface area contributed by atoms with Gasteiger partial charge in [0.05, 0.1) is 17.2 Å². The highest BCUT2D eigenvalue weighted by molar-refractivity contribution is 5.87. The highest BCUT2D eigenvalue weighted by Crippen LogP contribution is 2.23. The first-order chi connectivity index (χ1) is 12.6. The van der Waals surface area contributed by atoms with Crippen LogP contribution >= 0.6 is 0 Å². The molecule has 3 rings (SSSR count). The third-order valence-corrected chi connectivity index (χ3v) is 3.24. The Morgan fingerprint density at radius 3 is 2.58 bits per heavy atom. The van der Waals surface area contributed by atoms with Gasteiger partial charge in [0.25, 0.3) is 5.88 Å². The van der Waals surface area contributed by atoms with Gasteiger partial charge in [0.2, 0.25) is 5.69 Å². The molecule has 0 radical (unpaired) electrons. The summed E-state index contributed by atoms with van der Waals surface area (Å²) in [7, 11) is 0. The van der Waals surface area contributed by atoms with Crippen molar-refractivity contribution in [3.63, 3.8) is 0 Å². The Balaban J connectivity index is 1.86. The molecule has 8 heteroatoms. The van der Waals surface area contributed by atoms with Gasteiger partial charge in [-0.3, -0.25) is 0 Å². The van der Waals surface area contributed by atoms with E-state index in [-0.39, 0.29) is 22.9 Å². The molecule has 26 heavy (non-hydrogen) atoms. The number of nitrogens with zero attached hydrogens (tertiary/aromatic N) is 3. The van der Waals surface area contributed by atoms with E-state index in [4.69, 9.17) is 15.1 Å². The number of hydrogen-bond donors (Lipinski definition) is 2. The zero-order valence-electron chi connectivity index (χ0n) is 13.0. The average Bonchev–Trinajstić information content (AvgIpc) is 3.11. The third-order valence-electron chi connectivity index (χ3n) is 3.24. The Morgan fingerprint density at radius 1 is 1.15 bits per heavy atom. The number of halogens is 1. The molecule has 1 heterocycles. The van der Waals surface area contributed by atoms with Crippen LogP contribution in [0.25, 0.3) is 0 Å². The number of aromatic carboxylic acids is 1. The molecule has 0 saturated carbocycles. The minimum atomic E-state index is -1.28. The molecule has 0 bridgehead atoms. The molecule has 3 aromatic rings. The topological polar surface area (TPSA) is 112 Å². The number of aromatic amines is 1. The van der Waals surface area contributed by atoms with Gasteiger partial charge in [-0.15, -0.1) is 0 Å². The largest absolute Gasteiger partial charge is 0.476 e. The number of benzene rings is 2. The van der Waals surface area contributed by atoms with E-state index in [0.29, 0.717) is 11.1 Å². The molecule has 0 fully saturated rings. The molecule has 0 spiro atoms.